The van der Waals surface area contributed by atoms with Gasteiger partial charge in [-0.15, -0.1) is 0 Å². The van der Waals surface area contributed by atoms with E-state index in [9.17, 15) is 4.39 Å². The molecule has 0 heterocycles. The van der Waals surface area contributed by atoms with Gasteiger partial charge in [0.15, 0.2) is 0 Å². The lowest BCUT2D eigenvalue weighted by Crippen LogP contribution is -1.82. The van der Waals surface area contributed by atoms with Crippen molar-refractivity contribution < 1.29 is 9.13 Å². The molecule has 0 aliphatic heterocycles. The third-order valence-corrected chi connectivity index (χ3v) is 2.47. The number of hydrogen-bond donors (Lipinski definition) is 0. The van der Waals surface area contributed by atoms with Gasteiger partial charge < -0.3 is 4.74 Å². The summed E-state index contributed by atoms with van der Waals surface area (Å²) in [6.07, 6.45) is 0. The standard InChI is InChI=1S/C14H14O.C2H6.CH3F/c1-11-3-5-12(6-4-11)13-7-9-14(15-2)10-8-13;2*1-2/h3-10H,1-2H3;1-2H3;1H3. The van der Waals surface area contributed by atoms with Crippen molar-refractivity contribution in [3.05, 3.63) is 54.1 Å². The second-order valence-corrected chi connectivity index (χ2v) is 3.59. The molecule has 0 atom stereocenters. The molecular weight excluding hydrogens is 239 g/mol. The van der Waals surface area contributed by atoms with Crippen molar-refractivity contribution in [2.45, 2.75) is 20.8 Å². The van der Waals surface area contributed by atoms with Crippen LogP contribution in [0.15, 0.2) is 48.5 Å². The van der Waals surface area contributed by atoms with Gasteiger partial charge in [0, 0.05) is 0 Å². The van der Waals surface area contributed by atoms with Crippen molar-refractivity contribution in [1.29, 1.82) is 0 Å². The number of rotatable bonds is 2. The average Bonchev–Trinajstić information content (AvgIpc) is 2.52. The maximum absolute atomic E-state index is 9.50. The SMILES string of the molecule is CC.CF.COc1ccc(-c2ccc(C)cc2)cc1. The quantitative estimate of drug-likeness (QED) is 0.715. The lowest BCUT2D eigenvalue weighted by molar-refractivity contribution is 0.415. The molecule has 0 fully saturated rings. The molecule has 2 rings (SSSR count). The molecule has 0 bridgehead atoms. The van der Waals surface area contributed by atoms with Gasteiger partial charge in [0.2, 0.25) is 0 Å². The van der Waals surface area contributed by atoms with Crippen LogP contribution in [0.25, 0.3) is 11.1 Å². The monoisotopic (exact) mass is 262 g/mol. The molecule has 0 spiro atoms. The summed E-state index contributed by atoms with van der Waals surface area (Å²) < 4.78 is 14.6. The fourth-order valence-electron chi connectivity index (χ4n) is 1.53. The van der Waals surface area contributed by atoms with Crippen LogP contribution in [0.4, 0.5) is 4.39 Å². The van der Waals surface area contributed by atoms with E-state index in [1.165, 1.54) is 16.7 Å². The van der Waals surface area contributed by atoms with Crippen LogP contribution >= 0.6 is 0 Å². The van der Waals surface area contributed by atoms with E-state index in [4.69, 9.17) is 4.74 Å². The number of halogens is 1. The van der Waals surface area contributed by atoms with Gasteiger partial charge in [-0.1, -0.05) is 55.8 Å². The number of methoxy groups -OCH3 is 1. The molecule has 0 N–H and O–H groups in total. The lowest BCUT2D eigenvalue weighted by Gasteiger charge is -2.03. The van der Waals surface area contributed by atoms with E-state index in [2.05, 4.69) is 43.3 Å². The van der Waals surface area contributed by atoms with Gasteiger partial charge in [-0.3, -0.25) is 4.39 Å². The Morgan fingerprint density at radius 2 is 1.11 bits per heavy atom. The van der Waals surface area contributed by atoms with Gasteiger partial charge in [0.1, 0.15) is 5.75 Å². The molecule has 0 unspecified atom stereocenters. The minimum absolute atomic E-state index is 0.500. The topological polar surface area (TPSA) is 9.23 Å². The Hall–Kier alpha value is -1.83. The van der Waals surface area contributed by atoms with Crippen LogP contribution in [-0.4, -0.2) is 14.3 Å². The summed E-state index contributed by atoms with van der Waals surface area (Å²) in [7, 11) is 2.18. The van der Waals surface area contributed by atoms with Crippen LogP contribution in [0.3, 0.4) is 0 Å². The minimum Gasteiger partial charge on any atom is -0.497 e. The van der Waals surface area contributed by atoms with E-state index >= 15 is 0 Å². The summed E-state index contributed by atoms with van der Waals surface area (Å²) in [6, 6.07) is 16.6. The fraction of sp³-hybridized carbons (Fsp3) is 0.294. The Labute approximate surface area is 116 Å². The zero-order chi connectivity index (χ0) is 14.7. The molecule has 0 aromatic heterocycles. The molecule has 0 radical (unpaired) electrons. The summed E-state index contributed by atoms with van der Waals surface area (Å²) in [5, 5.41) is 0. The predicted molar refractivity (Wildman–Crippen MR) is 81.5 cm³/mol. The van der Waals surface area contributed by atoms with Gasteiger partial charge >= 0.3 is 0 Å². The van der Waals surface area contributed by atoms with Crippen LogP contribution in [0.1, 0.15) is 19.4 Å². The molecule has 19 heavy (non-hydrogen) atoms. The first-order valence-electron chi connectivity index (χ1n) is 6.38. The molecule has 0 amide bonds. The van der Waals surface area contributed by atoms with Crippen LogP contribution in [0, 0.1) is 6.92 Å². The van der Waals surface area contributed by atoms with Crippen LogP contribution < -0.4 is 4.74 Å². The highest BCUT2D eigenvalue weighted by atomic mass is 19.1. The molecule has 0 saturated carbocycles. The number of alkyl halides is 1. The zero-order valence-corrected chi connectivity index (χ0v) is 12.4. The zero-order valence-electron chi connectivity index (χ0n) is 12.4. The first kappa shape index (κ1) is 17.2. The Kier molecular flexibility index (Phi) is 9.15. The number of aryl methyl sites for hydroxylation is 1. The summed E-state index contributed by atoms with van der Waals surface area (Å²) in [6.45, 7) is 6.10. The van der Waals surface area contributed by atoms with Crippen LogP contribution in [-0.2, 0) is 0 Å². The molecule has 2 aromatic rings. The molecule has 1 nitrogen and oxygen atoms in total. The predicted octanol–water partition coefficient (Wildman–Crippen LogP) is 5.28. The van der Waals surface area contributed by atoms with Crippen molar-refractivity contribution in [2.75, 3.05) is 14.3 Å². The third kappa shape index (κ3) is 5.56. The Bertz CT molecular complexity index is 432. The minimum atomic E-state index is 0.500. The van der Waals surface area contributed by atoms with E-state index in [0.29, 0.717) is 7.18 Å². The van der Waals surface area contributed by atoms with Gasteiger partial charge in [-0.25, -0.2) is 0 Å². The average molecular weight is 262 g/mol. The number of hydrogen-bond acceptors (Lipinski definition) is 1. The van der Waals surface area contributed by atoms with E-state index in [1.54, 1.807) is 7.11 Å². The second-order valence-electron chi connectivity index (χ2n) is 3.59. The third-order valence-electron chi connectivity index (χ3n) is 2.47. The van der Waals surface area contributed by atoms with Crippen LogP contribution in [0.2, 0.25) is 0 Å². The molecule has 0 saturated heterocycles. The Morgan fingerprint density at radius 1 is 0.737 bits per heavy atom. The maximum atomic E-state index is 9.50. The maximum Gasteiger partial charge on any atom is 0.118 e. The van der Waals surface area contributed by atoms with E-state index < -0.39 is 0 Å². The lowest BCUT2D eigenvalue weighted by atomic mass is 10.0. The number of ether oxygens (including phenoxy) is 1. The van der Waals surface area contributed by atoms with E-state index in [-0.39, 0.29) is 0 Å². The molecule has 2 heteroatoms. The molecule has 0 aliphatic rings. The van der Waals surface area contributed by atoms with Crippen LogP contribution in [0.5, 0.6) is 5.75 Å². The van der Waals surface area contributed by atoms with E-state index in [1.807, 2.05) is 26.0 Å². The molecule has 104 valence electrons. The van der Waals surface area contributed by atoms with Gasteiger partial charge in [0.25, 0.3) is 0 Å². The van der Waals surface area contributed by atoms with E-state index in [0.717, 1.165) is 5.75 Å². The summed E-state index contributed by atoms with van der Waals surface area (Å²) in [5.74, 6) is 0.894. The first-order valence-corrected chi connectivity index (χ1v) is 6.38. The van der Waals surface area contributed by atoms with Crippen molar-refractivity contribution in [3.63, 3.8) is 0 Å². The highest BCUT2D eigenvalue weighted by Crippen LogP contribution is 2.22. The fourth-order valence-corrected chi connectivity index (χ4v) is 1.53. The largest absolute Gasteiger partial charge is 0.497 e. The second kappa shape index (κ2) is 10.1. The summed E-state index contributed by atoms with van der Waals surface area (Å²) in [4.78, 5) is 0. The highest BCUT2D eigenvalue weighted by molar-refractivity contribution is 5.64. The van der Waals surface area contributed by atoms with Crippen molar-refractivity contribution in [1.82, 2.24) is 0 Å². The smallest absolute Gasteiger partial charge is 0.118 e. The number of benzene rings is 2. The highest BCUT2D eigenvalue weighted by Gasteiger charge is 1.97. The van der Waals surface area contributed by atoms with Crippen molar-refractivity contribution in [3.8, 4) is 16.9 Å². The first-order chi connectivity index (χ1) is 9.29. The van der Waals surface area contributed by atoms with Crippen molar-refractivity contribution >= 4 is 0 Å². The molecular formula is C17H23FO. The van der Waals surface area contributed by atoms with Crippen molar-refractivity contribution in [2.24, 2.45) is 0 Å². The molecule has 2 aromatic carbocycles. The van der Waals surface area contributed by atoms with Gasteiger partial charge in [-0.05, 0) is 30.2 Å². The summed E-state index contributed by atoms with van der Waals surface area (Å²) >= 11 is 0. The van der Waals surface area contributed by atoms with Gasteiger partial charge in [-0.2, -0.15) is 0 Å². The molecule has 0 aliphatic carbocycles. The Balaban J connectivity index is 0.000000741. The normalized spacial score (nSPS) is 8.53. The van der Waals surface area contributed by atoms with Gasteiger partial charge in [0.05, 0.1) is 14.3 Å². The Morgan fingerprint density at radius 3 is 1.47 bits per heavy atom. The summed E-state index contributed by atoms with van der Waals surface area (Å²) in [5.41, 5.74) is 3.74.